The second-order valence-electron chi connectivity index (χ2n) is 3.91. The van der Waals surface area contributed by atoms with Crippen molar-refractivity contribution in [1.82, 2.24) is 9.97 Å². The summed E-state index contributed by atoms with van der Waals surface area (Å²) in [6.45, 7) is 0. The van der Waals surface area contributed by atoms with Gasteiger partial charge in [-0.3, -0.25) is 15.1 Å². The highest BCUT2D eigenvalue weighted by Crippen LogP contribution is 2.30. The average Bonchev–Trinajstić information content (AvgIpc) is 2.90. The van der Waals surface area contributed by atoms with Crippen molar-refractivity contribution in [1.29, 1.82) is 0 Å². The standard InChI is InChI=1S/C12H11N3OS/c16-11(9-4-1-2-7-13-9)15-12-14-8-5-3-6-10(8)17-12/h1-2,4,7H,3,5-6H2,(H,14,15,16). The van der Waals surface area contributed by atoms with Crippen LogP contribution in [0, 0.1) is 0 Å². The van der Waals surface area contributed by atoms with Crippen LogP contribution in [0.2, 0.25) is 0 Å². The van der Waals surface area contributed by atoms with Gasteiger partial charge in [0.25, 0.3) is 5.91 Å². The molecule has 1 amide bonds. The maximum atomic E-state index is 11.8. The molecule has 1 aliphatic carbocycles. The molecule has 1 N–H and O–H groups in total. The summed E-state index contributed by atoms with van der Waals surface area (Å²) in [5, 5.41) is 3.48. The summed E-state index contributed by atoms with van der Waals surface area (Å²) < 4.78 is 0. The lowest BCUT2D eigenvalue weighted by Crippen LogP contribution is -2.13. The van der Waals surface area contributed by atoms with E-state index in [9.17, 15) is 4.79 Å². The first kappa shape index (κ1) is 10.4. The third kappa shape index (κ3) is 2.06. The van der Waals surface area contributed by atoms with Crippen molar-refractivity contribution in [2.75, 3.05) is 5.32 Å². The molecule has 0 unspecified atom stereocenters. The van der Waals surface area contributed by atoms with Crippen molar-refractivity contribution in [3.8, 4) is 0 Å². The van der Waals surface area contributed by atoms with Crippen LogP contribution in [0.1, 0.15) is 27.5 Å². The molecule has 2 heterocycles. The summed E-state index contributed by atoms with van der Waals surface area (Å²) in [6.07, 6.45) is 4.91. The predicted molar refractivity (Wildman–Crippen MR) is 66.3 cm³/mol. The van der Waals surface area contributed by atoms with Gasteiger partial charge in [0.05, 0.1) is 5.69 Å². The fourth-order valence-corrected chi connectivity index (χ4v) is 2.95. The summed E-state index contributed by atoms with van der Waals surface area (Å²) in [5.41, 5.74) is 1.56. The molecular weight excluding hydrogens is 234 g/mol. The molecule has 17 heavy (non-hydrogen) atoms. The number of aromatic nitrogens is 2. The molecule has 0 saturated heterocycles. The minimum absolute atomic E-state index is 0.196. The van der Waals surface area contributed by atoms with Gasteiger partial charge in [-0.25, -0.2) is 4.98 Å². The quantitative estimate of drug-likeness (QED) is 0.883. The molecule has 3 rings (SSSR count). The Morgan fingerprint density at radius 1 is 1.35 bits per heavy atom. The Labute approximate surface area is 103 Å². The first-order valence-electron chi connectivity index (χ1n) is 5.54. The first-order chi connectivity index (χ1) is 8.33. The van der Waals surface area contributed by atoms with Crippen LogP contribution < -0.4 is 5.32 Å². The Kier molecular flexibility index (Phi) is 2.60. The largest absolute Gasteiger partial charge is 0.296 e. The number of nitrogens with zero attached hydrogens (tertiary/aromatic N) is 2. The van der Waals surface area contributed by atoms with Crippen molar-refractivity contribution in [2.45, 2.75) is 19.3 Å². The van der Waals surface area contributed by atoms with Gasteiger partial charge in [-0.05, 0) is 31.4 Å². The van der Waals surface area contributed by atoms with Crippen molar-refractivity contribution < 1.29 is 4.79 Å². The number of nitrogens with one attached hydrogen (secondary N) is 1. The molecule has 0 fully saturated rings. The number of rotatable bonds is 2. The van der Waals surface area contributed by atoms with Crippen molar-refractivity contribution in [3.05, 3.63) is 40.7 Å². The van der Waals surface area contributed by atoms with Gasteiger partial charge >= 0.3 is 0 Å². The lowest BCUT2D eigenvalue weighted by Gasteiger charge is -1.99. The Bertz CT molecular complexity index is 529. The van der Waals surface area contributed by atoms with Crippen molar-refractivity contribution >= 4 is 22.4 Å². The fraction of sp³-hybridized carbons (Fsp3) is 0.250. The van der Waals surface area contributed by atoms with E-state index < -0.39 is 0 Å². The molecule has 5 heteroatoms. The Morgan fingerprint density at radius 3 is 3.06 bits per heavy atom. The Hall–Kier alpha value is -1.75. The molecule has 0 aromatic carbocycles. The zero-order valence-electron chi connectivity index (χ0n) is 9.14. The third-order valence-electron chi connectivity index (χ3n) is 2.71. The van der Waals surface area contributed by atoms with E-state index in [2.05, 4.69) is 15.3 Å². The maximum absolute atomic E-state index is 11.8. The van der Waals surface area contributed by atoms with Crippen molar-refractivity contribution in [2.24, 2.45) is 0 Å². The van der Waals surface area contributed by atoms with Gasteiger partial charge in [-0.1, -0.05) is 6.07 Å². The summed E-state index contributed by atoms with van der Waals surface area (Å²) in [7, 11) is 0. The van der Waals surface area contributed by atoms with Crippen LogP contribution in [0.5, 0.6) is 0 Å². The molecule has 0 aliphatic heterocycles. The Balaban J connectivity index is 1.77. The van der Waals surface area contributed by atoms with E-state index in [-0.39, 0.29) is 5.91 Å². The lowest BCUT2D eigenvalue weighted by molar-refractivity contribution is 0.102. The van der Waals surface area contributed by atoms with Crippen LogP contribution in [-0.4, -0.2) is 15.9 Å². The highest BCUT2D eigenvalue weighted by atomic mass is 32.1. The van der Waals surface area contributed by atoms with Crippen LogP contribution in [0.25, 0.3) is 0 Å². The summed E-state index contributed by atoms with van der Waals surface area (Å²) in [4.78, 5) is 21.6. The number of hydrogen-bond donors (Lipinski definition) is 1. The number of carbonyl (C=O) groups is 1. The average molecular weight is 245 g/mol. The zero-order chi connectivity index (χ0) is 11.7. The van der Waals surface area contributed by atoms with E-state index in [1.54, 1.807) is 35.7 Å². The molecular formula is C12H11N3OS. The van der Waals surface area contributed by atoms with E-state index in [4.69, 9.17) is 0 Å². The first-order valence-corrected chi connectivity index (χ1v) is 6.35. The SMILES string of the molecule is O=C(Nc1nc2c(s1)CCC2)c1ccccn1. The van der Waals surface area contributed by atoms with Gasteiger partial charge in [-0.2, -0.15) is 0 Å². The van der Waals surface area contributed by atoms with Crippen LogP contribution in [0.15, 0.2) is 24.4 Å². The number of aryl methyl sites for hydroxylation is 2. The fourth-order valence-electron chi connectivity index (χ4n) is 1.90. The molecule has 86 valence electrons. The van der Waals surface area contributed by atoms with Gasteiger partial charge in [-0.15, -0.1) is 11.3 Å². The van der Waals surface area contributed by atoms with Crippen molar-refractivity contribution in [3.63, 3.8) is 0 Å². The molecule has 4 nitrogen and oxygen atoms in total. The second kappa shape index (κ2) is 4.25. The lowest BCUT2D eigenvalue weighted by atomic mass is 10.3. The number of anilines is 1. The summed E-state index contributed by atoms with van der Waals surface area (Å²) >= 11 is 1.57. The molecule has 2 aromatic rings. The number of pyridine rings is 1. The number of thiazole rings is 1. The van der Waals surface area contributed by atoms with Gasteiger partial charge in [0.1, 0.15) is 5.69 Å². The molecule has 0 saturated carbocycles. The summed E-state index contributed by atoms with van der Waals surface area (Å²) in [5.74, 6) is -0.196. The Morgan fingerprint density at radius 2 is 2.29 bits per heavy atom. The second-order valence-corrected chi connectivity index (χ2v) is 5.00. The van der Waals surface area contributed by atoms with E-state index in [0.717, 1.165) is 18.5 Å². The van der Waals surface area contributed by atoms with Gasteiger partial charge in [0, 0.05) is 11.1 Å². The van der Waals surface area contributed by atoms with E-state index >= 15 is 0 Å². The minimum Gasteiger partial charge on any atom is -0.296 e. The third-order valence-corrected chi connectivity index (χ3v) is 3.79. The van der Waals surface area contributed by atoms with E-state index in [1.807, 2.05) is 0 Å². The molecule has 0 atom stereocenters. The molecule has 0 radical (unpaired) electrons. The topological polar surface area (TPSA) is 54.9 Å². The zero-order valence-corrected chi connectivity index (χ0v) is 9.96. The van der Waals surface area contributed by atoms with Crippen LogP contribution in [-0.2, 0) is 12.8 Å². The molecule has 0 spiro atoms. The number of carbonyl (C=O) groups excluding carboxylic acids is 1. The van der Waals surface area contributed by atoms with Crippen LogP contribution in [0.3, 0.4) is 0 Å². The summed E-state index contributed by atoms with van der Waals surface area (Å²) in [6, 6.07) is 5.27. The van der Waals surface area contributed by atoms with Gasteiger partial charge in [0.15, 0.2) is 5.13 Å². The number of hydrogen-bond acceptors (Lipinski definition) is 4. The van der Waals surface area contributed by atoms with Crippen LogP contribution >= 0.6 is 11.3 Å². The van der Waals surface area contributed by atoms with Gasteiger partial charge in [0.2, 0.25) is 0 Å². The smallest absolute Gasteiger partial charge is 0.276 e. The normalized spacial score (nSPS) is 13.4. The monoisotopic (exact) mass is 245 g/mol. The van der Waals surface area contributed by atoms with Crippen LogP contribution in [0.4, 0.5) is 5.13 Å². The predicted octanol–water partition coefficient (Wildman–Crippen LogP) is 2.28. The number of fused-ring (bicyclic) bond motifs is 1. The molecule has 1 aliphatic rings. The highest BCUT2D eigenvalue weighted by Gasteiger charge is 2.18. The molecule has 2 aromatic heterocycles. The minimum atomic E-state index is -0.196. The molecule has 0 bridgehead atoms. The number of amides is 1. The maximum Gasteiger partial charge on any atom is 0.276 e. The van der Waals surface area contributed by atoms with E-state index in [0.29, 0.717) is 10.8 Å². The van der Waals surface area contributed by atoms with Gasteiger partial charge < -0.3 is 0 Å². The van der Waals surface area contributed by atoms with E-state index in [1.165, 1.54) is 11.3 Å². The highest BCUT2D eigenvalue weighted by molar-refractivity contribution is 7.15.